The number of hydrogen-bond acceptors (Lipinski definition) is 3. The molecule has 3 nitrogen and oxygen atoms in total. The van der Waals surface area contributed by atoms with Crippen molar-refractivity contribution in [2.24, 2.45) is 29.1 Å². The van der Waals surface area contributed by atoms with Gasteiger partial charge in [-0.3, -0.25) is 0 Å². The predicted octanol–water partition coefficient (Wildman–Crippen LogP) is 5.56. The quantitative estimate of drug-likeness (QED) is 0.531. The van der Waals surface area contributed by atoms with E-state index in [9.17, 15) is 15.3 Å². The van der Waals surface area contributed by atoms with Gasteiger partial charge in [-0.1, -0.05) is 52.0 Å². The number of fused-ring (bicyclic) bond motifs is 1. The highest BCUT2D eigenvalue weighted by Gasteiger charge is 2.50. The van der Waals surface area contributed by atoms with Crippen molar-refractivity contribution in [3.63, 3.8) is 0 Å². The zero-order valence-electron chi connectivity index (χ0n) is 19.6. The van der Waals surface area contributed by atoms with Gasteiger partial charge in [0.05, 0.1) is 18.3 Å². The second kappa shape index (κ2) is 9.71. The van der Waals surface area contributed by atoms with Crippen molar-refractivity contribution < 1.29 is 15.3 Å². The van der Waals surface area contributed by atoms with Crippen LogP contribution in [0.3, 0.4) is 0 Å². The SMILES string of the molecule is C=C1/C(=C\C=C2/CCC[C@]3(C)[C@@H]([C@H](C)CC[C@@H](O)C(C)C)CC[C@@H]23)C[C@@H](O)C[C@H]1O. The Morgan fingerprint density at radius 3 is 2.57 bits per heavy atom. The third-order valence-corrected chi connectivity index (χ3v) is 8.68. The molecule has 0 aromatic heterocycles. The molecule has 0 saturated heterocycles. The summed E-state index contributed by atoms with van der Waals surface area (Å²) in [4.78, 5) is 0. The first-order valence-corrected chi connectivity index (χ1v) is 12.3. The van der Waals surface area contributed by atoms with E-state index in [-0.39, 0.29) is 6.10 Å². The minimum absolute atomic E-state index is 0.180. The van der Waals surface area contributed by atoms with E-state index in [1.165, 1.54) is 25.7 Å². The van der Waals surface area contributed by atoms with Gasteiger partial charge < -0.3 is 15.3 Å². The zero-order valence-corrected chi connectivity index (χ0v) is 19.6. The normalized spacial score (nSPS) is 39.5. The highest BCUT2D eigenvalue weighted by molar-refractivity contribution is 5.38. The molecule has 3 saturated carbocycles. The van der Waals surface area contributed by atoms with Crippen LogP contribution in [0.1, 0.15) is 85.5 Å². The highest BCUT2D eigenvalue weighted by atomic mass is 16.3. The summed E-state index contributed by atoms with van der Waals surface area (Å²) in [6.45, 7) is 13.2. The Morgan fingerprint density at radius 1 is 1.13 bits per heavy atom. The van der Waals surface area contributed by atoms with Crippen LogP contribution in [-0.2, 0) is 0 Å². The molecule has 3 heteroatoms. The first-order valence-electron chi connectivity index (χ1n) is 12.3. The van der Waals surface area contributed by atoms with Crippen LogP contribution >= 0.6 is 0 Å². The van der Waals surface area contributed by atoms with Crippen molar-refractivity contribution in [3.8, 4) is 0 Å². The van der Waals surface area contributed by atoms with Gasteiger partial charge in [0, 0.05) is 6.42 Å². The largest absolute Gasteiger partial charge is 0.393 e. The fraction of sp³-hybridized carbons (Fsp3) is 0.778. The number of hydrogen-bond donors (Lipinski definition) is 3. The van der Waals surface area contributed by atoms with E-state index in [0.717, 1.165) is 36.3 Å². The maximum atomic E-state index is 10.3. The van der Waals surface area contributed by atoms with Crippen molar-refractivity contribution in [1.29, 1.82) is 0 Å². The Bertz CT molecular complexity index is 676. The summed E-state index contributed by atoms with van der Waals surface area (Å²) < 4.78 is 0. The zero-order chi connectivity index (χ0) is 22.1. The Balaban J connectivity index is 1.72. The fourth-order valence-corrected chi connectivity index (χ4v) is 6.65. The highest BCUT2D eigenvalue weighted by Crippen LogP contribution is 2.60. The predicted molar refractivity (Wildman–Crippen MR) is 124 cm³/mol. The van der Waals surface area contributed by atoms with E-state index in [0.29, 0.717) is 36.0 Å². The molecule has 7 atom stereocenters. The van der Waals surface area contributed by atoms with E-state index in [4.69, 9.17) is 0 Å². The Hall–Kier alpha value is -0.900. The second-order valence-corrected chi connectivity index (χ2v) is 11.0. The van der Waals surface area contributed by atoms with Crippen LogP contribution in [0.2, 0.25) is 0 Å². The van der Waals surface area contributed by atoms with Gasteiger partial charge in [0.25, 0.3) is 0 Å². The number of rotatable bonds is 6. The summed E-state index contributed by atoms with van der Waals surface area (Å²) in [7, 11) is 0. The van der Waals surface area contributed by atoms with Crippen molar-refractivity contribution >= 4 is 0 Å². The van der Waals surface area contributed by atoms with E-state index < -0.39 is 12.2 Å². The summed E-state index contributed by atoms with van der Waals surface area (Å²) in [6.07, 6.45) is 12.4. The van der Waals surface area contributed by atoms with E-state index in [1.807, 2.05) is 0 Å². The van der Waals surface area contributed by atoms with Crippen LogP contribution in [0.5, 0.6) is 0 Å². The Kier molecular flexibility index (Phi) is 7.69. The van der Waals surface area contributed by atoms with Gasteiger partial charge in [0.1, 0.15) is 0 Å². The lowest BCUT2D eigenvalue weighted by Gasteiger charge is -2.44. The maximum Gasteiger partial charge on any atom is 0.0811 e. The van der Waals surface area contributed by atoms with Crippen molar-refractivity contribution in [3.05, 3.63) is 35.5 Å². The molecular formula is C27H44O3. The maximum absolute atomic E-state index is 10.3. The molecule has 3 fully saturated rings. The molecule has 0 radical (unpaired) electrons. The molecule has 0 spiro atoms. The molecule has 0 bridgehead atoms. The molecule has 0 aliphatic heterocycles. The first-order chi connectivity index (χ1) is 14.1. The lowest BCUT2D eigenvalue weighted by Crippen LogP contribution is -2.36. The lowest BCUT2D eigenvalue weighted by molar-refractivity contribution is 0.0717. The summed E-state index contributed by atoms with van der Waals surface area (Å²) in [5, 5.41) is 30.4. The van der Waals surface area contributed by atoms with Gasteiger partial charge in [-0.15, -0.1) is 0 Å². The average Bonchev–Trinajstić information content (AvgIpc) is 3.04. The number of aliphatic hydroxyl groups is 3. The van der Waals surface area contributed by atoms with Gasteiger partial charge in [0.15, 0.2) is 0 Å². The first kappa shape index (κ1) is 23.8. The van der Waals surface area contributed by atoms with Crippen LogP contribution in [0.15, 0.2) is 35.5 Å². The summed E-state index contributed by atoms with van der Waals surface area (Å²) in [5.74, 6) is 2.35. The summed E-state index contributed by atoms with van der Waals surface area (Å²) >= 11 is 0. The van der Waals surface area contributed by atoms with Crippen molar-refractivity contribution in [2.45, 2.75) is 104 Å². The minimum atomic E-state index is -0.618. The third-order valence-electron chi connectivity index (χ3n) is 8.68. The molecular weight excluding hydrogens is 372 g/mol. The fourth-order valence-electron chi connectivity index (χ4n) is 6.65. The third kappa shape index (κ3) is 4.95. The van der Waals surface area contributed by atoms with Crippen LogP contribution < -0.4 is 0 Å². The van der Waals surface area contributed by atoms with E-state index in [2.05, 4.69) is 46.4 Å². The molecule has 30 heavy (non-hydrogen) atoms. The molecule has 0 amide bonds. The second-order valence-electron chi connectivity index (χ2n) is 11.0. The Labute approximate surface area is 184 Å². The Morgan fingerprint density at radius 2 is 1.87 bits per heavy atom. The standard InChI is InChI=1S/C27H44O3/c1-17(2)25(29)13-8-18(3)23-11-12-24-20(7-6-14-27(23,24)5)9-10-21-15-22(28)16-26(30)19(21)4/h9-10,17-18,22-26,28-30H,4,6-8,11-16H2,1-3,5H3/b20-9+,21-10-/t18-,22-,23-,24+,25-,26-,27-/m1/s1. The molecule has 0 aromatic carbocycles. The van der Waals surface area contributed by atoms with Gasteiger partial charge >= 0.3 is 0 Å². The smallest absolute Gasteiger partial charge is 0.0811 e. The van der Waals surface area contributed by atoms with E-state index >= 15 is 0 Å². The van der Waals surface area contributed by atoms with Gasteiger partial charge in [-0.2, -0.15) is 0 Å². The van der Waals surface area contributed by atoms with Crippen LogP contribution in [0, 0.1) is 29.1 Å². The molecule has 3 aliphatic carbocycles. The topological polar surface area (TPSA) is 60.7 Å². The van der Waals surface area contributed by atoms with Crippen molar-refractivity contribution in [1.82, 2.24) is 0 Å². The minimum Gasteiger partial charge on any atom is -0.393 e. The molecule has 3 aliphatic rings. The van der Waals surface area contributed by atoms with Gasteiger partial charge in [-0.25, -0.2) is 0 Å². The van der Waals surface area contributed by atoms with Crippen LogP contribution in [0.4, 0.5) is 0 Å². The lowest BCUT2D eigenvalue weighted by atomic mass is 9.60. The van der Waals surface area contributed by atoms with Crippen LogP contribution in [0.25, 0.3) is 0 Å². The number of aliphatic hydroxyl groups excluding tert-OH is 3. The monoisotopic (exact) mass is 416 g/mol. The van der Waals surface area contributed by atoms with Crippen molar-refractivity contribution in [2.75, 3.05) is 0 Å². The average molecular weight is 417 g/mol. The molecule has 3 rings (SSSR count). The summed E-state index contributed by atoms with van der Waals surface area (Å²) in [5.41, 5.74) is 3.69. The van der Waals surface area contributed by atoms with E-state index in [1.54, 1.807) is 5.57 Å². The molecule has 0 unspecified atom stereocenters. The van der Waals surface area contributed by atoms with Gasteiger partial charge in [-0.05, 0) is 91.6 Å². The summed E-state index contributed by atoms with van der Waals surface area (Å²) in [6, 6.07) is 0. The van der Waals surface area contributed by atoms with Crippen LogP contribution in [-0.4, -0.2) is 33.6 Å². The van der Waals surface area contributed by atoms with Gasteiger partial charge in [0.2, 0.25) is 0 Å². The molecule has 3 N–H and O–H groups in total. The molecule has 0 aromatic rings. The molecule has 170 valence electrons. The number of allylic oxidation sites excluding steroid dienone is 3. The molecule has 0 heterocycles.